The first kappa shape index (κ1) is 18.7. The standard InChI is InChI=1S/C16H25N7O2S/c1-3-6-16(20-26(2,24)25,23-10-5-9-19-23)22-13-11-21(12-14-22)15-17-7-4-8-18-15/h4-5,7-10,20H,3,6,11-14H2,1-2H3. The molecule has 1 atom stereocenters. The van der Waals surface area contributed by atoms with Crippen molar-refractivity contribution in [1.29, 1.82) is 0 Å². The van der Waals surface area contributed by atoms with Crippen LogP contribution in [0.1, 0.15) is 19.8 Å². The van der Waals surface area contributed by atoms with E-state index in [4.69, 9.17) is 0 Å². The van der Waals surface area contributed by atoms with Gasteiger partial charge in [-0.1, -0.05) is 13.3 Å². The van der Waals surface area contributed by atoms with Crippen LogP contribution in [0.3, 0.4) is 0 Å². The van der Waals surface area contributed by atoms with E-state index >= 15 is 0 Å². The third-order valence-corrected chi connectivity index (χ3v) is 5.17. The van der Waals surface area contributed by atoms with E-state index in [0.717, 1.165) is 6.42 Å². The molecule has 0 spiro atoms. The zero-order valence-electron chi connectivity index (χ0n) is 15.1. The molecule has 0 aliphatic carbocycles. The van der Waals surface area contributed by atoms with E-state index < -0.39 is 15.8 Å². The summed E-state index contributed by atoms with van der Waals surface area (Å²) in [5, 5.41) is 4.35. The molecule has 26 heavy (non-hydrogen) atoms. The molecule has 1 unspecified atom stereocenters. The van der Waals surface area contributed by atoms with E-state index in [9.17, 15) is 8.42 Å². The van der Waals surface area contributed by atoms with Crippen molar-refractivity contribution in [1.82, 2.24) is 29.4 Å². The minimum atomic E-state index is -3.44. The van der Waals surface area contributed by atoms with E-state index in [1.165, 1.54) is 6.26 Å². The van der Waals surface area contributed by atoms with Crippen molar-refractivity contribution >= 4 is 16.0 Å². The minimum absolute atomic E-state index is 0.615. The minimum Gasteiger partial charge on any atom is -0.338 e. The third-order valence-electron chi connectivity index (χ3n) is 4.47. The summed E-state index contributed by atoms with van der Waals surface area (Å²) in [4.78, 5) is 12.9. The summed E-state index contributed by atoms with van der Waals surface area (Å²) < 4.78 is 28.8. The van der Waals surface area contributed by atoms with Crippen LogP contribution < -0.4 is 9.62 Å². The fourth-order valence-corrected chi connectivity index (χ4v) is 4.36. The van der Waals surface area contributed by atoms with Crippen LogP contribution in [0, 0.1) is 0 Å². The van der Waals surface area contributed by atoms with Crippen LogP contribution in [0.15, 0.2) is 36.9 Å². The van der Waals surface area contributed by atoms with Crippen LogP contribution in [0.4, 0.5) is 5.95 Å². The van der Waals surface area contributed by atoms with Gasteiger partial charge >= 0.3 is 0 Å². The molecule has 0 radical (unpaired) electrons. The Morgan fingerprint density at radius 1 is 1.12 bits per heavy atom. The number of hydrogen-bond donors (Lipinski definition) is 1. The second-order valence-electron chi connectivity index (χ2n) is 6.41. The van der Waals surface area contributed by atoms with Gasteiger partial charge in [-0.15, -0.1) is 0 Å². The van der Waals surface area contributed by atoms with Gasteiger partial charge in [-0.2, -0.15) is 9.82 Å². The molecule has 9 nitrogen and oxygen atoms in total. The Bertz CT molecular complexity index is 789. The van der Waals surface area contributed by atoms with Crippen molar-refractivity contribution in [3.05, 3.63) is 36.9 Å². The first-order chi connectivity index (χ1) is 12.4. The summed E-state index contributed by atoms with van der Waals surface area (Å²) >= 11 is 0. The molecule has 10 heteroatoms. The van der Waals surface area contributed by atoms with Crippen molar-refractivity contribution in [3.8, 4) is 0 Å². The molecular weight excluding hydrogens is 354 g/mol. The highest BCUT2D eigenvalue weighted by Gasteiger charge is 2.42. The van der Waals surface area contributed by atoms with E-state index in [0.29, 0.717) is 38.5 Å². The van der Waals surface area contributed by atoms with Gasteiger partial charge in [0.15, 0.2) is 5.79 Å². The summed E-state index contributed by atoms with van der Waals surface area (Å²) in [6.07, 6.45) is 9.54. The number of anilines is 1. The molecule has 0 saturated carbocycles. The van der Waals surface area contributed by atoms with E-state index in [2.05, 4.69) is 29.6 Å². The summed E-state index contributed by atoms with van der Waals surface area (Å²) in [6, 6.07) is 3.60. The third kappa shape index (κ3) is 4.02. The molecule has 1 aliphatic rings. The van der Waals surface area contributed by atoms with Crippen LogP contribution >= 0.6 is 0 Å². The zero-order valence-corrected chi connectivity index (χ0v) is 15.9. The Balaban J connectivity index is 1.86. The summed E-state index contributed by atoms with van der Waals surface area (Å²) in [5.74, 6) is -0.210. The highest BCUT2D eigenvalue weighted by molar-refractivity contribution is 7.88. The summed E-state index contributed by atoms with van der Waals surface area (Å²) in [5.41, 5.74) is 0. The lowest BCUT2D eigenvalue weighted by Gasteiger charge is -2.47. The number of rotatable bonds is 7. The zero-order chi connectivity index (χ0) is 18.6. The molecule has 0 amide bonds. The Morgan fingerprint density at radius 3 is 2.35 bits per heavy atom. The molecule has 3 rings (SSSR count). The average Bonchev–Trinajstić information content (AvgIpc) is 3.16. The van der Waals surface area contributed by atoms with Crippen LogP contribution in [-0.4, -0.2) is 65.5 Å². The summed E-state index contributed by atoms with van der Waals surface area (Å²) in [6.45, 7) is 4.79. The summed E-state index contributed by atoms with van der Waals surface area (Å²) in [7, 11) is -3.44. The molecule has 0 aromatic carbocycles. The molecule has 142 valence electrons. The molecule has 1 N–H and O–H groups in total. The topological polar surface area (TPSA) is 96.3 Å². The SMILES string of the molecule is CCCC(NS(C)(=O)=O)(N1CCN(c2ncccn2)CC1)n1cccn1. The largest absolute Gasteiger partial charge is 0.338 e. The fraction of sp³-hybridized carbons (Fsp3) is 0.562. The van der Waals surface area contributed by atoms with Crippen molar-refractivity contribution < 1.29 is 8.42 Å². The normalized spacial score (nSPS) is 18.6. The number of aromatic nitrogens is 4. The number of nitrogens with zero attached hydrogens (tertiary/aromatic N) is 6. The Kier molecular flexibility index (Phi) is 5.54. The predicted molar refractivity (Wildman–Crippen MR) is 98.9 cm³/mol. The average molecular weight is 379 g/mol. The van der Waals surface area contributed by atoms with Crippen LogP contribution in [-0.2, 0) is 15.8 Å². The van der Waals surface area contributed by atoms with E-state index in [-0.39, 0.29) is 0 Å². The maximum Gasteiger partial charge on any atom is 0.225 e. The lowest BCUT2D eigenvalue weighted by atomic mass is 10.1. The first-order valence-electron chi connectivity index (χ1n) is 8.71. The molecule has 2 aromatic heterocycles. The van der Waals surface area contributed by atoms with Crippen molar-refractivity contribution in [2.24, 2.45) is 0 Å². The van der Waals surface area contributed by atoms with Gasteiger partial charge in [-0.25, -0.2) is 23.1 Å². The van der Waals surface area contributed by atoms with Gasteiger partial charge in [-0.05, 0) is 12.1 Å². The molecule has 3 heterocycles. The monoisotopic (exact) mass is 379 g/mol. The second kappa shape index (κ2) is 7.68. The number of hydrogen-bond acceptors (Lipinski definition) is 7. The van der Waals surface area contributed by atoms with Crippen LogP contribution in [0.25, 0.3) is 0 Å². The second-order valence-corrected chi connectivity index (χ2v) is 8.16. The van der Waals surface area contributed by atoms with Crippen LogP contribution in [0.5, 0.6) is 0 Å². The Labute approximate surface area is 154 Å². The first-order valence-corrected chi connectivity index (χ1v) is 10.6. The fourth-order valence-electron chi connectivity index (χ4n) is 3.44. The highest BCUT2D eigenvalue weighted by Crippen LogP contribution is 2.27. The van der Waals surface area contributed by atoms with Gasteiger partial charge in [0, 0.05) is 57.4 Å². The van der Waals surface area contributed by atoms with E-state index in [1.54, 1.807) is 35.5 Å². The number of piperazine rings is 1. The van der Waals surface area contributed by atoms with Gasteiger partial charge in [0.1, 0.15) is 0 Å². The van der Waals surface area contributed by atoms with Crippen molar-refractivity contribution in [2.75, 3.05) is 37.3 Å². The van der Waals surface area contributed by atoms with Crippen LogP contribution in [0.2, 0.25) is 0 Å². The van der Waals surface area contributed by atoms with Gasteiger partial charge in [-0.3, -0.25) is 4.90 Å². The smallest absolute Gasteiger partial charge is 0.225 e. The highest BCUT2D eigenvalue weighted by atomic mass is 32.2. The molecular formula is C16H25N7O2S. The Hall–Kier alpha value is -2.04. The molecule has 2 aromatic rings. The molecule has 1 aliphatic heterocycles. The maximum atomic E-state index is 12.1. The predicted octanol–water partition coefficient (Wildman–Crippen LogP) is 0.455. The van der Waals surface area contributed by atoms with E-state index in [1.807, 2.05) is 13.0 Å². The van der Waals surface area contributed by atoms with Gasteiger partial charge in [0.05, 0.1) is 6.26 Å². The van der Waals surface area contributed by atoms with Gasteiger partial charge < -0.3 is 4.90 Å². The molecule has 1 fully saturated rings. The van der Waals surface area contributed by atoms with Crippen molar-refractivity contribution in [3.63, 3.8) is 0 Å². The quantitative estimate of drug-likeness (QED) is 0.746. The molecule has 0 bridgehead atoms. The number of nitrogens with one attached hydrogen (secondary N) is 1. The molecule has 1 saturated heterocycles. The number of sulfonamides is 1. The maximum absolute atomic E-state index is 12.1. The Morgan fingerprint density at radius 2 is 1.81 bits per heavy atom. The lowest BCUT2D eigenvalue weighted by Crippen LogP contribution is -2.65. The lowest BCUT2D eigenvalue weighted by molar-refractivity contribution is -0.0187. The van der Waals surface area contributed by atoms with Gasteiger partial charge in [0.25, 0.3) is 0 Å². The van der Waals surface area contributed by atoms with Crippen molar-refractivity contribution in [2.45, 2.75) is 25.6 Å². The van der Waals surface area contributed by atoms with Gasteiger partial charge in [0.2, 0.25) is 16.0 Å².